The Kier molecular flexibility index (Phi) is 5.16. The van der Waals surface area contributed by atoms with Crippen molar-refractivity contribution in [2.45, 2.75) is 39.3 Å². The Balaban J connectivity index is 2.15. The van der Waals surface area contributed by atoms with Crippen LogP contribution in [0.25, 0.3) is 10.8 Å². The molecule has 2 nitrogen and oxygen atoms in total. The van der Waals surface area contributed by atoms with Gasteiger partial charge in [-0.15, -0.1) is 0 Å². The molecule has 0 aliphatic rings. The van der Waals surface area contributed by atoms with Crippen LogP contribution in [0.2, 0.25) is 0 Å². The fourth-order valence-electron chi connectivity index (χ4n) is 2.59. The molecular formula is C18H25NO. The molecule has 0 aromatic heterocycles. The van der Waals surface area contributed by atoms with Gasteiger partial charge < -0.3 is 5.11 Å². The Morgan fingerprint density at radius 1 is 1.05 bits per heavy atom. The summed E-state index contributed by atoms with van der Waals surface area (Å²) in [6.07, 6.45) is 0.691. The first-order valence-electron chi connectivity index (χ1n) is 7.52. The molecule has 108 valence electrons. The van der Waals surface area contributed by atoms with E-state index in [9.17, 15) is 5.11 Å². The molecule has 2 aromatic rings. The fraction of sp³-hybridized carbons (Fsp3) is 0.444. The molecule has 20 heavy (non-hydrogen) atoms. The van der Waals surface area contributed by atoms with Gasteiger partial charge in [-0.05, 0) is 49.2 Å². The number of aliphatic hydroxyl groups excluding tert-OH is 1. The first kappa shape index (κ1) is 15.0. The van der Waals surface area contributed by atoms with Crippen molar-refractivity contribution in [1.82, 2.24) is 4.90 Å². The molecule has 2 heteroatoms. The molecule has 0 aliphatic carbocycles. The summed E-state index contributed by atoms with van der Waals surface area (Å²) in [5, 5.41) is 12.9. The van der Waals surface area contributed by atoms with Gasteiger partial charge in [0.25, 0.3) is 0 Å². The number of hydrogen-bond donors (Lipinski definition) is 1. The zero-order valence-corrected chi connectivity index (χ0v) is 12.7. The number of benzene rings is 2. The maximum Gasteiger partial charge on any atom is 0.0917 e. The molecule has 1 unspecified atom stereocenters. The summed E-state index contributed by atoms with van der Waals surface area (Å²) in [5.74, 6) is 0. The molecule has 0 spiro atoms. The first-order chi connectivity index (χ1) is 9.61. The average molecular weight is 271 g/mol. The Hall–Kier alpha value is -1.38. The molecule has 2 aromatic carbocycles. The van der Waals surface area contributed by atoms with Crippen LogP contribution in [0.4, 0.5) is 0 Å². The van der Waals surface area contributed by atoms with Crippen molar-refractivity contribution in [3.63, 3.8) is 0 Å². The number of aliphatic hydroxyl groups is 1. The van der Waals surface area contributed by atoms with Gasteiger partial charge in [0, 0.05) is 12.6 Å². The lowest BCUT2D eigenvalue weighted by Crippen LogP contribution is -2.35. The summed E-state index contributed by atoms with van der Waals surface area (Å²) in [6.45, 7) is 8.27. The van der Waals surface area contributed by atoms with E-state index in [0.717, 1.165) is 18.5 Å². The van der Waals surface area contributed by atoms with Crippen LogP contribution in [0.15, 0.2) is 42.5 Å². The summed E-state index contributed by atoms with van der Waals surface area (Å²) >= 11 is 0. The van der Waals surface area contributed by atoms with Gasteiger partial charge in [-0.3, -0.25) is 4.90 Å². The van der Waals surface area contributed by atoms with Crippen molar-refractivity contribution >= 4 is 10.8 Å². The normalized spacial score (nSPS) is 13.3. The van der Waals surface area contributed by atoms with Crippen molar-refractivity contribution < 1.29 is 5.11 Å². The third-order valence-electron chi connectivity index (χ3n) is 3.81. The maximum atomic E-state index is 10.5. The van der Waals surface area contributed by atoms with Crippen LogP contribution >= 0.6 is 0 Å². The molecule has 1 N–H and O–H groups in total. The fourth-order valence-corrected chi connectivity index (χ4v) is 2.59. The highest BCUT2D eigenvalue weighted by atomic mass is 16.3. The second-order valence-electron chi connectivity index (χ2n) is 5.71. The van der Waals surface area contributed by atoms with Crippen molar-refractivity contribution in [3.05, 3.63) is 48.0 Å². The van der Waals surface area contributed by atoms with E-state index in [2.05, 4.69) is 49.9 Å². The molecule has 0 fully saturated rings. The predicted molar refractivity (Wildman–Crippen MR) is 85.9 cm³/mol. The number of rotatable bonds is 6. The topological polar surface area (TPSA) is 23.5 Å². The van der Waals surface area contributed by atoms with Crippen LogP contribution in [0.1, 0.15) is 38.9 Å². The lowest BCUT2D eigenvalue weighted by atomic mass is 10.0. The van der Waals surface area contributed by atoms with Gasteiger partial charge in [-0.1, -0.05) is 43.3 Å². The summed E-state index contributed by atoms with van der Waals surface area (Å²) < 4.78 is 0. The minimum atomic E-state index is -0.423. The quantitative estimate of drug-likeness (QED) is 0.858. The lowest BCUT2D eigenvalue weighted by molar-refractivity contribution is 0.0956. The van der Waals surface area contributed by atoms with Crippen LogP contribution in [-0.2, 0) is 0 Å². The molecule has 0 heterocycles. The molecule has 0 saturated heterocycles. The van der Waals surface area contributed by atoms with Crippen molar-refractivity contribution in [1.29, 1.82) is 0 Å². The van der Waals surface area contributed by atoms with E-state index in [4.69, 9.17) is 0 Å². The van der Waals surface area contributed by atoms with E-state index < -0.39 is 6.10 Å². The summed E-state index contributed by atoms with van der Waals surface area (Å²) in [6, 6.07) is 15.0. The SMILES string of the molecule is CCCN(CC(O)c1ccc2ccccc2c1)C(C)C. The zero-order valence-electron chi connectivity index (χ0n) is 12.7. The second kappa shape index (κ2) is 6.87. The first-order valence-corrected chi connectivity index (χ1v) is 7.52. The van der Waals surface area contributed by atoms with E-state index in [1.807, 2.05) is 18.2 Å². The minimum Gasteiger partial charge on any atom is -0.387 e. The summed E-state index contributed by atoms with van der Waals surface area (Å²) in [5.41, 5.74) is 1.01. The van der Waals surface area contributed by atoms with E-state index in [1.165, 1.54) is 10.8 Å². The van der Waals surface area contributed by atoms with Gasteiger partial charge in [-0.2, -0.15) is 0 Å². The lowest BCUT2D eigenvalue weighted by Gasteiger charge is -2.28. The Morgan fingerprint density at radius 2 is 1.75 bits per heavy atom. The Bertz CT molecular complexity index is 550. The highest BCUT2D eigenvalue weighted by Crippen LogP contribution is 2.21. The molecule has 2 rings (SSSR count). The van der Waals surface area contributed by atoms with Crippen LogP contribution < -0.4 is 0 Å². The van der Waals surface area contributed by atoms with Gasteiger partial charge in [-0.25, -0.2) is 0 Å². The van der Waals surface area contributed by atoms with Crippen molar-refractivity contribution in [2.24, 2.45) is 0 Å². The zero-order chi connectivity index (χ0) is 14.5. The van der Waals surface area contributed by atoms with Gasteiger partial charge >= 0.3 is 0 Å². The third kappa shape index (κ3) is 3.59. The van der Waals surface area contributed by atoms with Crippen molar-refractivity contribution in [3.8, 4) is 0 Å². The number of nitrogens with zero attached hydrogens (tertiary/aromatic N) is 1. The van der Waals surface area contributed by atoms with Crippen LogP contribution in [0, 0.1) is 0 Å². The highest BCUT2D eigenvalue weighted by Gasteiger charge is 2.15. The predicted octanol–water partition coefficient (Wildman–Crippen LogP) is 3.99. The van der Waals surface area contributed by atoms with Crippen LogP contribution in [-0.4, -0.2) is 29.1 Å². The van der Waals surface area contributed by atoms with Crippen LogP contribution in [0.3, 0.4) is 0 Å². The summed E-state index contributed by atoms with van der Waals surface area (Å²) in [7, 11) is 0. The Morgan fingerprint density at radius 3 is 2.40 bits per heavy atom. The molecular weight excluding hydrogens is 246 g/mol. The Labute approximate surface area is 122 Å². The monoisotopic (exact) mass is 271 g/mol. The number of hydrogen-bond acceptors (Lipinski definition) is 2. The average Bonchev–Trinajstić information content (AvgIpc) is 2.46. The minimum absolute atomic E-state index is 0.423. The molecule has 0 saturated carbocycles. The molecule has 0 bridgehead atoms. The van der Waals surface area contributed by atoms with Crippen LogP contribution in [0.5, 0.6) is 0 Å². The van der Waals surface area contributed by atoms with E-state index >= 15 is 0 Å². The second-order valence-corrected chi connectivity index (χ2v) is 5.71. The van der Waals surface area contributed by atoms with Gasteiger partial charge in [0.15, 0.2) is 0 Å². The molecule has 1 atom stereocenters. The third-order valence-corrected chi connectivity index (χ3v) is 3.81. The summed E-state index contributed by atoms with van der Waals surface area (Å²) in [4.78, 5) is 2.33. The van der Waals surface area contributed by atoms with E-state index in [0.29, 0.717) is 12.6 Å². The largest absolute Gasteiger partial charge is 0.387 e. The van der Waals surface area contributed by atoms with Gasteiger partial charge in [0.05, 0.1) is 6.10 Å². The van der Waals surface area contributed by atoms with Gasteiger partial charge in [0.2, 0.25) is 0 Å². The molecule has 0 amide bonds. The molecule has 0 aliphatic heterocycles. The van der Waals surface area contributed by atoms with E-state index in [-0.39, 0.29) is 0 Å². The van der Waals surface area contributed by atoms with Crippen molar-refractivity contribution in [2.75, 3.05) is 13.1 Å². The van der Waals surface area contributed by atoms with Gasteiger partial charge in [0.1, 0.15) is 0 Å². The number of fused-ring (bicyclic) bond motifs is 1. The smallest absolute Gasteiger partial charge is 0.0917 e. The highest BCUT2D eigenvalue weighted by molar-refractivity contribution is 5.83. The van der Waals surface area contributed by atoms with E-state index in [1.54, 1.807) is 0 Å². The standard InChI is InChI=1S/C18H25NO/c1-4-11-19(14(2)3)13-18(20)17-10-9-15-7-5-6-8-16(15)12-17/h5-10,12,14,18,20H,4,11,13H2,1-3H3. The molecule has 0 radical (unpaired) electrons. The maximum absolute atomic E-state index is 10.5.